The third kappa shape index (κ3) is 26.1. The second-order valence-corrected chi connectivity index (χ2v) is 10.1. The quantitative estimate of drug-likeness (QED) is 0.0489. The molecule has 0 amide bonds. The monoisotopic (exact) mass is 578 g/mol. The molecular weight excluding hydrogens is 524 g/mol. The maximum Gasteiger partial charge on any atom is 0.305 e. The number of carbonyl (C=O) groups excluding carboxylic acids is 2. The molecule has 0 heterocycles. The maximum atomic E-state index is 11.9. The van der Waals surface area contributed by atoms with Crippen LogP contribution >= 0.6 is 0 Å². The Morgan fingerprint density at radius 2 is 1.20 bits per heavy atom. The van der Waals surface area contributed by atoms with Gasteiger partial charge in [0.1, 0.15) is 19.3 Å². The van der Waals surface area contributed by atoms with Crippen molar-refractivity contribution >= 4 is 11.9 Å². The molecule has 0 rings (SSSR count). The number of carbonyl (C=O) groups is 2. The molecule has 4 atom stereocenters. The van der Waals surface area contributed by atoms with Crippen LogP contribution in [-0.4, -0.2) is 70.0 Å². The third-order valence-electron chi connectivity index (χ3n) is 6.11. The summed E-state index contributed by atoms with van der Waals surface area (Å²) in [5, 5.41) is 39.8. The van der Waals surface area contributed by atoms with E-state index < -0.39 is 30.4 Å². The minimum absolute atomic E-state index is 0.0278. The minimum atomic E-state index is -1.09. The van der Waals surface area contributed by atoms with Crippen LogP contribution in [0.4, 0.5) is 0 Å². The standard InChI is InChI=1S/C33H54O8/c1-3-5-7-8-9-14-18-24-32(38)40-26-29(35)27-41-33(39)25-19-23-31(37)30(36)22-17-13-11-10-12-16-21-28(34)20-15-6-4-2/h6,10-13,15-17,21-22,28-31,34-37H,3-5,7-9,14,18-20,23-27H2,1-2H3/b12-10+,13-11-,15-6-,21-16+,22-17-/t28-,29+,30+,31+/m1/s1. The zero-order valence-corrected chi connectivity index (χ0v) is 25.1. The van der Waals surface area contributed by atoms with Crippen LogP contribution in [0.2, 0.25) is 0 Å². The van der Waals surface area contributed by atoms with Gasteiger partial charge in [0, 0.05) is 12.8 Å². The molecule has 0 fully saturated rings. The number of allylic oxidation sites excluding steroid dienone is 7. The van der Waals surface area contributed by atoms with Crippen LogP contribution in [0.25, 0.3) is 0 Å². The first-order valence-electron chi connectivity index (χ1n) is 15.2. The molecule has 8 nitrogen and oxygen atoms in total. The molecule has 234 valence electrons. The van der Waals surface area contributed by atoms with Gasteiger partial charge in [-0.3, -0.25) is 9.59 Å². The summed E-state index contributed by atoms with van der Waals surface area (Å²) in [6.07, 6.45) is 23.9. The summed E-state index contributed by atoms with van der Waals surface area (Å²) in [4.78, 5) is 23.6. The van der Waals surface area contributed by atoms with Gasteiger partial charge in [0.2, 0.25) is 0 Å². The van der Waals surface area contributed by atoms with Crippen molar-refractivity contribution in [2.45, 2.75) is 122 Å². The molecule has 0 aliphatic rings. The van der Waals surface area contributed by atoms with E-state index in [9.17, 15) is 30.0 Å². The Kier molecular flexibility index (Phi) is 25.9. The average molecular weight is 579 g/mol. The number of hydrogen-bond donors (Lipinski definition) is 4. The van der Waals surface area contributed by atoms with Crippen LogP contribution in [0.3, 0.4) is 0 Å². The van der Waals surface area contributed by atoms with E-state index in [1.807, 2.05) is 19.1 Å². The van der Waals surface area contributed by atoms with Crippen LogP contribution in [-0.2, 0) is 19.1 Å². The first-order valence-corrected chi connectivity index (χ1v) is 15.2. The van der Waals surface area contributed by atoms with Crippen LogP contribution < -0.4 is 0 Å². The van der Waals surface area contributed by atoms with E-state index >= 15 is 0 Å². The molecule has 0 saturated carbocycles. The van der Waals surface area contributed by atoms with E-state index in [0.717, 1.165) is 25.7 Å². The molecule has 0 aliphatic carbocycles. The molecule has 0 radical (unpaired) electrons. The first kappa shape index (κ1) is 38.5. The lowest BCUT2D eigenvalue weighted by atomic mass is 10.1. The van der Waals surface area contributed by atoms with E-state index in [2.05, 4.69) is 6.92 Å². The van der Waals surface area contributed by atoms with Gasteiger partial charge >= 0.3 is 11.9 Å². The van der Waals surface area contributed by atoms with Crippen molar-refractivity contribution in [3.8, 4) is 0 Å². The fraction of sp³-hybridized carbons (Fsp3) is 0.636. The van der Waals surface area contributed by atoms with Crippen molar-refractivity contribution in [3.63, 3.8) is 0 Å². The lowest BCUT2D eigenvalue weighted by Crippen LogP contribution is -2.26. The summed E-state index contributed by atoms with van der Waals surface area (Å²) in [5.74, 6) is -0.902. The Morgan fingerprint density at radius 1 is 0.659 bits per heavy atom. The van der Waals surface area contributed by atoms with Crippen LogP contribution in [0, 0.1) is 0 Å². The molecule has 0 aromatic carbocycles. The number of rotatable bonds is 25. The van der Waals surface area contributed by atoms with Gasteiger partial charge in [-0.2, -0.15) is 0 Å². The Morgan fingerprint density at radius 3 is 1.80 bits per heavy atom. The van der Waals surface area contributed by atoms with Gasteiger partial charge in [-0.1, -0.05) is 113 Å². The highest BCUT2D eigenvalue weighted by molar-refractivity contribution is 5.69. The van der Waals surface area contributed by atoms with Crippen molar-refractivity contribution in [3.05, 3.63) is 60.8 Å². The van der Waals surface area contributed by atoms with Gasteiger partial charge in [-0.05, 0) is 32.1 Å². The minimum Gasteiger partial charge on any atom is -0.463 e. The molecule has 0 spiro atoms. The van der Waals surface area contributed by atoms with E-state index in [4.69, 9.17) is 9.47 Å². The molecule has 41 heavy (non-hydrogen) atoms. The lowest BCUT2D eigenvalue weighted by Gasteiger charge is -2.14. The fourth-order valence-electron chi connectivity index (χ4n) is 3.66. The van der Waals surface area contributed by atoms with Gasteiger partial charge in [-0.25, -0.2) is 0 Å². The fourth-order valence-corrected chi connectivity index (χ4v) is 3.66. The molecule has 0 saturated heterocycles. The largest absolute Gasteiger partial charge is 0.463 e. The Balaban J connectivity index is 3.95. The number of unbranched alkanes of at least 4 members (excludes halogenated alkanes) is 6. The van der Waals surface area contributed by atoms with Gasteiger partial charge < -0.3 is 29.9 Å². The normalized spacial score (nSPS) is 15.4. The van der Waals surface area contributed by atoms with Crippen molar-refractivity contribution in [2.24, 2.45) is 0 Å². The smallest absolute Gasteiger partial charge is 0.305 e. The van der Waals surface area contributed by atoms with Crippen LogP contribution in [0.5, 0.6) is 0 Å². The number of ether oxygens (including phenoxy) is 2. The number of esters is 2. The zero-order valence-electron chi connectivity index (χ0n) is 25.1. The predicted molar refractivity (Wildman–Crippen MR) is 163 cm³/mol. The lowest BCUT2D eigenvalue weighted by molar-refractivity contribution is -0.152. The molecule has 0 unspecified atom stereocenters. The SMILES string of the molecule is CC/C=C\C[C@@H](O)/C=C/C=C/C=C\C=C/[C@H](O)[C@@H](O)CCCC(=O)OC[C@@H](O)COC(=O)CCCCCCCCC. The highest BCUT2D eigenvalue weighted by Gasteiger charge is 2.15. The maximum absolute atomic E-state index is 11.9. The van der Waals surface area contributed by atoms with Crippen LogP contribution in [0.15, 0.2) is 60.8 Å². The molecule has 0 aromatic rings. The van der Waals surface area contributed by atoms with Gasteiger partial charge in [0.05, 0.1) is 18.3 Å². The predicted octanol–water partition coefficient (Wildman–Crippen LogP) is 5.41. The summed E-state index contributed by atoms with van der Waals surface area (Å²) in [7, 11) is 0. The van der Waals surface area contributed by atoms with Gasteiger partial charge in [0.15, 0.2) is 0 Å². The van der Waals surface area contributed by atoms with E-state index in [1.165, 1.54) is 31.8 Å². The van der Waals surface area contributed by atoms with Gasteiger partial charge in [0.25, 0.3) is 0 Å². The Bertz CT molecular complexity index is 799. The highest BCUT2D eigenvalue weighted by atomic mass is 16.6. The number of aliphatic hydroxyl groups is 4. The molecule has 0 bridgehead atoms. The van der Waals surface area contributed by atoms with E-state index in [0.29, 0.717) is 19.3 Å². The molecule has 0 aliphatic heterocycles. The second-order valence-electron chi connectivity index (χ2n) is 10.1. The summed E-state index contributed by atoms with van der Waals surface area (Å²) in [6.45, 7) is 3.72. The number of aliphatic hydroxyl groups excluding tert-OH is 4. The van der Waals surface area contributed by atoms with Crippen molar-refractivity contribution in [1.82, 2.24) is 0 Å². The van der Waals surface area contributed by atoms with Crippen LogP contribution in [0.1, 0.15) is 97.3 Å². The Hall–Kier alpha value is -2.52. The molecule has 8 heteroatoms. The van der Waals surface area contributed by atoms with E-state index in [-0.39, 0.29) is 32.0 Å². The summed E-state index contributed by atoms with van der Waals surface area (Å²) >= 11 is 0. The highest BCUT2D eigenvalue weighted by Crippen LogP contribution is 2.10. The summed E-state index contributed by atoms with van der Waals surface area (Å²) in [5.41, 5.74) is 0. The van der Waals surface area contributed by atoms with Crippen molar-refractivity contribution in [1.29, 1.82) is 0 Å². The Labute approximate surface area is 247 Å². The first-order chi connectivity index (χ1) is 19.8. The topological polar surface area (TPSA) is 134 Å². The molecule has 4 N–H and O–H groups in total. The van der Waals surface area contributed by atoms with Crippen molar-refractivity contribution in [2.75, 3.05) is 13.2 Å². The summed E-state index contributed by atoms with van der Waals surface area (Å²) in [6, 6.07) is 0. The molecule has 0 aromatic heterocycles. The molecular formula is C33H54O8. The zero-order chi connectivity index (χ0) is 30.6. The average Bonchev–Trinajstić information content (AvgIpc) is 2.95. The van der Waals surface area contributed by atoms with Crippen molar-refractivity contribution < 1.29 is 39.5 Å². The third-order valence-corrected chi connectivity index (χ3v) is 6.11. The number of hydrogen-bond acceptors (Lipinski definition) is 8. The van der Waals surface area contributed by atoms with Gasteiger partial charge in [-0.15, -0.1) is 0 Å². The second kappa shape index (κ2) is 27.6. The summed E-state index contributed by atoms with van der Waals surface area (Å²) < 4.78 is 10.0. The van der Waals surface area contributed by atoms with E-state index in [1.54, 1.807) is 42.5 Å².